The number of halogens is 1. The molecule has 2 aliphatic rings. The Kier molecular flexibility index (Phi) is 5.13. The van der Waals surface area contributed by atoms with E-state index in [0.717, 1.165) is 12.8 Å². The van der Waals surface area contributed by atoms with Crippen molar-refractivity contribution in [2.75, 3.05) is 5.32 Å². The van der Waals surface area contributed by atoms with E-state index in [1.807, 2.05) is 6.92 Å². The molecule has 2 aromatic rings. The van der Waals surface area contributed by atoms with Gasteiger partial charge >= 0.3 is 0 Å². The summed E-state index contributed by atoms with van der Waals surface area (Å²) in [6.45, 7) is 1.81. The zero-order chi connectivity index (χ0) is 20.8. The van der Waals surface area contributed by atoms with Gasteiger partial charge in [-0.2, -0.15) is 10.2 Å². The third-order valence-corrected chi connectivity index (χ3v) is 9.05. The van der Waals surface area contributed by atoms with Crippen LogP contribution in [0.4, 0.5) is 5.69 Å². The van der Waals surface area contributed by atoms with E-state index in [4.69, 9.17) is 11.6 Å². The molecule has 0 aliphatic heterocycles. The minimum atomic E-state index is -3.74. The van der Waals surface area contributed by atoms with E-state index in [2.05, 4.69) is 15.5 Å². The zero-order valence-electron chi connectivity index (χ0n) is 15.9. The number of fused-ring (bicyclic) bond motifs is 2. The molecule has 1 aromatic carbocycles. The highest BCUT2D eigenvalue weighted by atomic mass is 35.5. The van der Waals surface area contributed by atoms with Crippen LogP contribution in [0.3, 0.4) is 0 Å². The van der Waals surface area contributed by atoms with Gasteiger partial charge in [0.25, 0.3) is 5.91 Å². The molecule has 1 amide bonds. The number of carbonyl (C=O) groups excluding carboxylic acids is 1. The summed E-state index contributed by atoms with van der Waals surface area (Å²) >= 11 is 6.23. The van der Waals surface area contributed by atoms with E-state index >= 15 is 0 Å². The first-order chi connectivity index (χ1) is 13.7. The minimum Gasteiger partial charge on any atom is -0.390 e. The Bertz CT molecular complexity index is 1030. The number of nitrogens with one attached hydrogen (secondary N) is 1. The lowest BCUT2D eigenvalue weighted by Gasteiger charge is -2.40. The first-order valence-corrected chi connectivity index (χ1v) is 11.5. The Labute approximate surface area is 174 Å². The van der Waals surface area contributed by atoms with Crippen LogP contribution in [0.25, 0.3) is 0 Å². The molecular formula is C20H22ClN3O4S. The van der Waals surface area contributed by atoms with Crippen LogP contribution in [-0.4, -0.2) is 40.5 Å². The second-order valence-corrected chi connectivity index (χ2v) is 10.7. The Morgan fingerprint density at radius 1 is 1.21 bits per heavy atom. The summed E-state index contributed by atoms with van der Waals surface area (Å²) in [5.74, 6) is -0.534. The number of hydrogen-bond acceptors (Lipinski definition) is 6. The SMILES string of the molecule is C[C@]1(O)C2CCC1C[C@@H](S(=O)(=O)c1cc(C(=O)Nc3ccnnc3)ccc1Cl)C2. The molecule has 2 N–H and O–H groups in total. The Hall–Kier alpha value is -2.03. The van der Waals surface area contributed by atoms with Gasteiger partial charge in [0, 0.05) is 5.56 Å². The number of sulfone groups is 1. The van der Waals surface area contributed by atoms with Crippen LogP contribution in [-0.2, 0) is 9.84 Å². The van der Waals surface area contributed by atoms with Crippen molar-refractivity contribution in [1.29, 1.82) is 0 Å². The molecule has 0 spiro atoms. The molecule has 2 bridgehead atoms. The molecule has 2 saturated carbocycles. The van der Waals surface area contributed by atoms with E-state index < -0.39 is 26.6 Å². The number of nitrogens with zero attached hydrogens (tertiary/aromatic N) is 2. The molecule has 154 valence electrons. The van der Waals surface area contributed by atoms with Gasteiger partial charge in [-0.05, 0) is 68.7 Å². The number of hydrogen-bond donors (Lipinski definition) is 2. The lowest BCUT2D eigenvalue weighted by atomic mass is 9.76. The van der Waals surface area contributed by atoms with Crippen LogP contribution >= 0.6 is 11.6 Å². The van der Waals surface area contributed by atoms with Gasteiger partial charge in [-0.1, -0.05) is 11.6 Å². The third kappa shape index (κ3) is 3.65. The molecule has 9 heteroatoms. The Balaban J connectivity index is 1.61. The van der Waals surface area contributed by atoms with Crippen molar-refractivity contribution < 1.29 is 18.3 Å². The molecule has 2 fully saturated rings. The van der Waals surface area contributed by atoms with Crippen LogP contribution in [0.2, 0.25) is 5.02 Å². The maximum atomic E-state index is 13.4. The fraction of sp³-hybridized carbons (Fsp3) is 0.450. The smallest absolute Gasteiger partial charge is 0.255 e. The molecular weight excluding hydrogens is 414 g/mol. The summed E-state index contributed by atoms with van der Waals surface area (Å²) in [6, 6.07) is 5.83. The van der Waals surface area contributed by atoms with Crippen LogP contribution in [0.15, 0.2) is 41.6 Å². The number of carbonyl (C=O) groups is 1. The van der Waals surface area contributed by atoms with Gasteiger partial charge in [-0.25, -0.2) is 8.42 Å². The number of anilines is 1. The second kappa shape index (κ2) is 7.34. The van der Waals surface area contributed by atoms with Crippen molar-refractivity contribution in [1.82, 2.24) is 10.2 Å². The van der Waals surface area contributed by atoms with Gasteiger partial charge in [-0.3, -0.25) is 4.79 Å². The van der Waals surface area contributed by atoms with Gasteiger partial charge in [0.2, 0.25) is 0 Å². The lowest BCUT2D eigenvalue weighted by molar-refractivity contribution is -0.0413. The summed E-state index contributed by atoms with van der Waals surface area (Å²) in [6.07, 6.45) is 5.32. The third-order valence-electron chi connectivity index (χ3n) is 6.39. The number of aromatic nitrogens is 2. The van der Waals surface area contributed by atoms with Crippen LogP contribution in [0.1, 0.15) is 43.0 Å². The normalized spacial score (nSPS) is 28.9. The average Bonchev–Trinajstić information content (AvgIpc) is 2.86. The van der Waals surface area contributed by atoms with Gasteiger partial charge in [-0.15, -0.1) is 0 Å². The molecule has 2 aliphatic carbocycles. The highest BCUT2D eigenvalue weighted by Crippen LogP contribution is 2.51. The van der Waals surface area contributed by atoms with E-state index in [0.29, 0.717) is 18.5 Å². The van der Waals surface area contributed by atoms with Crippen molar-refractivity contribution in [2.45, 2.75) is 48.4 Å². The number of rotatable bonds is 4. The average molecular weight is 436 g/mol. The van der Waals surface area contributed by atoms with Gasteiger partial charge in [0.15, 0.2) is 9.84 Å². The van der Waals surface area contributed by atoms with E-state index in [9.17, 15) is 18.3 Å². The number of amides is 1. The molecule has 7 nitrogen and oxygen atoms in total. The van der Waals surface area contributed by atoms with Gasteiger partial charge < -0.3 is 10.4 Å². The predicted molar refractivity (Wildman–Crippen MR) is 108 cm³/mol. The van der Waals surface area contributed by atoms with Crippen molar-refractivity contribution in [3.63, 3.8) is 0 Å². The largest absolute Gasteiger partial charge is 0.390 e. The van der Waals surface area contributed by atoms with Crippen LogP contribution < -0.4 is 5.32 Å². The molecule has 4 rings (SSSR count). The highest BCUT2D eigenvalue weighted by Gasteiger charge is 2.53. The first kappa shape index (κ1) is 20.3. The summed E-state index contributed by atoms with van der Waals surface area (Å²) in [7, 11) is -3.74. The molecule has 0 radical (unpaired) electrons. The standard InChI is InChI=1S/C20H22ClN3O4S/c1-20(26)13-3-4-14(20)10-16(9-13)29(27,28)18-8-12(2-5-17(18)21)19(25)24-15-6-7-22-23-11-15/h2,5-8,11,13-14,16,26H,3-4,9-10H2,1H3,(H,22,24,25)/t13?,14?,16-,20-. The maximum Gasteiger partial charge on any atom is 0.255 e. The van der Waals surface area contributed by atoms with E-state index in [-0.39, 0.29) is 27.3 Å². The molecule has 2 unspecified atom stereocenters. The molecule has 1 aromatic heterocycles. The van der Waals surface area contributed by atoms with E-state index in [1.165, 1.54) is 30.6 Å². The zero-order valence-corrected chi connectivity index (χ0v) is 17.4. The Morgan fingerprint density at radius 3 is 2.52 bits per heavy atom. The van der Waals surface area contributed by atoms with Crippen LogP contribution in [0, 0.1) is 11.8 Å². The summed E-state index contributed by atoms with van der Waals surface area (Å²) in [4.78, 5) is 12.5. The molecule has 0 saturated heterocycles. The fourth-order valence-electron chi connectivity index (χ4n) is 4.63. The van der Waals surface area contributed by atoms with Crippen molar-refractivity contribution in [3.8, 4) is 0 Å². The summed E-state index contributed by atoms with van der Waals surface area (Å²) in [5, 5.41) is 20.1. The summed E-state index contributed by atoms with van der Waals surface area (Å²) in [5.41, 5.74) is -0.165. The molecule has 29 heavy (non-hydrogen) atoms. The summed E-state index contributed by atoms with van der Waals surface area (Å²) < 4.78 is 26.7. The first-order valence-electron chi connectivity index (χ1n) is 9.53. The monoisotopic (exact) mass is 435 g/mol. The lowest BCUT2D eigenvalue weighted by Crippen LogP contribution is -2.45. The highest BCUT2D eigenvalue weighted by molar-refractivity contribution is 7.92. The quantitative estimate of drug-likeness (QED) is 0.763. The molecule has 2 atom stereocenters. The topological polar surface area (TPSA) is 109 Å². The van der Waals surface area contributed by atoms with Crippen molar-refractivity contribution in [3.05, 3.63) is 47.2 Å². The van der Waals surface area contributed by atoms with Crippen LogP contribution in [0.5, 0.6) is 0 Å². The van der Waals surface area contributed by atoms with Crippen molar-refractivity contribution in [2.24, 2.45) is 11.8 Å². The van der Waals surface area contributed by atoms with Crippen molar-refractivity contribution >= 4 is 33.0 Å². The van der Waals surface area contributed by atoms with Gasteiger partial charge in [0.1, 0.15) is 0 Å². The predicted octanol–water partition coefficient (Wildman–Crippen LogP) is 3.10. The number of benzene rings is 1. The van der Waals surface area contributed by atoms with E-state index in [1.54, 1.807) is 6.07 Å². The minimum absolute atomic E-state index is 0.0365. The maximum absolute atomic E-state index is 13.4. The molecule has 1 heterocycles. The Morgan fingerprint density at radius 2 is 1.90 bits per heavy atom. The van der Waals surface area contributed by atoms with Gasteiger partial charge in [0.05, 0.1) is 38.9 Å². The number of aliphatic hydroxyl groups is 1. The fourth-order valence-corrected chi connectivity index (χ4v) is 7.03. The second-order valence-electron chi connectivity index (χ2n) is 8.07.